The molecule has 4 heteroatoms. The van der Waals surface area contributed by atoms with Crippen molar-refractivity contribution < 1.29 is 13.6 Å². The molecular formula is C9H7F2NO. The minimum absolute atomic E-state index is 0.365. The van der Waals surface area contributed by atoms with E-state index in [-0.39, 0.29) is 5.57 Å². The second kappa shape index (κ2) is 3.35. The molecule has 0 unspecified atom stereocenters. The molecule has 0 bridgehead atoms. The van der Waals surface area contributed by atoms with Gasteiger partial charge in [-0.2, -0.15) is 0 Å². The Morgan fingerprint density at radius 2 is 1.77 bits per heavy atom. The Balaban J connectivity index is 3.28. The van der Waals surface area contributed by atoms with Crippen LogP contribution in [0.25, 0.3) is 5.57 Å². The third-order valence-electron chi connectivity index (χ3n) is 1.56. The van der Waals surface area contributed by atoms with Gasteiger partial charge in [0.05, 0.1) is 5.56 Å². The van der Waals surface area contributed by atoms with E-state index in [0.717, 1.165) is 12.1 Å². The first-order valence-corrected chi connectivity index (χ1v) is 3.47. The lowest BCUT2D eigenvalue weighted by molar-refractivity contribution is -0.112. The fourth-order valence-electron chi connectivity index (χ4n) is 0.909. The first-order valence-electron chi connectivity index (χ1n) is 3.47. The van der Waals surface area contributed by atoms with Gasteiger partial charge in [0.15, 0.2) is 0 Å². The Morgan fingerprint density at radius 3 is 2.15 bits per heavy atom. The molecule has 0 aliphatic rings. The van der Waals surface area contributed by atoms with Crippen LogP contribution in [0, 0.1) is 11.6 Å². The highest BCUT2D eigenvalue weighted by Crippen LogP contribution is 2.19. The predicted molar refractivity (Wildman–Crippen MR) is 44.6 cm³/mol. The zero-order chi connectivity index (χ0) is 10.0. The number of benzene rings is 1. The number of carbonyl (C=O) groups excluding carboxylic acids is 1. The number of hydrogen-bond acceptors (Lipinski definition) is 1. The highest BCUT2D eigenvalue weighted by molar-refractivity contribution is 6.17. The topological polar surface area (TPSA) is 43.1 Å². The van der Waals surface area contributed by atoms with Crippen LogP contribution < -0.4 is 5.73 Å². The Kier molecular flexibility index (Phi) is 2.41. The van der Waals surface area contributed by atoms with Crippen molar-refractivity contribution in [2.75, 3.05) is 0 Å². The van der Waals surface area contributed by atoms with Gasteiger partial charge in [-0.3, -0.25) is 4.79 Å². The summed E-state index contributed by atoms with van der Waals surface area (Å²) in [6, 6.07) is 3.27. The molecule has 1 aromatic carbocycles. The molecule has 0 saturated carbocycles. The summed E-state index contributed by atoms with van der Waals surface area (Å²) >= 11 is 0. The van der Waals surface area contributed by atoms with Crippen molar-refractivity contribution in [3.63, 3.8) is 0 Å². The molecule has 0 saturated heterocycles. The van der Waals surface area contributed by atoms with Crippen LogP contribution in [0.1, 0.15) is 5.56 Å². The molecule has 2 N–H and O–H groups in total. The van der Waals surface area contributed by atoms with Gasteiger partial charge < -0.3 is 5.73 Å². The third-order valence-corrected chi connectivity index (χ3v) is 1.56. The van der Waals surface area contributed by atoms with Crippen molar-refractivity contribution in [1.82, 2.24) is 0 Å². The highest BCUT2D eigenvalue weighted by atomic mass is 19.1. The predicted octanol–water partition coefficient (Wildman–Crippen LogP) is 1.46. The third kappa shape index (κ3) is 1.72. The number of halogens is 2. The van der Waals surface area contributed by atoms with Crippen molar-refractivity contribution in [3.05, 3.63) is 42.0 Å². The Morgan fingerprint density at radius 1 is 1.31 bits per heavy atom. The largest absolute Gasteiger partial charge is 0.366 e. The SMILES string of the molecule is C=C(C(N)=O)c1c(F)cccc1F. The smallest absolute Gasteiger partial charge is 0.248 e. The van der Waals surface area contributed by atoms with E-state index < -0.39 is 23.1 Å². The van der Waals surface area contributed by atoms with Crippen LogP contribution in [0.5, 0.6) is 0 Å². The number of carbonyl (C=O) groups is 1. The molecule has 0 radical (unpaired) electrons. The van der Waals surface area contributed by atoms with Crippen molar-refractivity contribution >= 4 is 11.5 Å². The van der Waals surface area contributed by atoms with E-state index in [1.807, 2.05) is 0 Å². The molecule has 0 aliphatic heterocycles. The van der Waals surface area contributed by atoms with Crippen LogP contribution in [-0.4, -0.2) is 5.91 Å². The fourth-order valence-corrected chi connectivity index (χ4v) is 0.909. The Bertz CT molecular complexity index is 354. The fraction of sp³-hybridized carbons (Fsp3) is 0. The van der Waals surface area contributed by atoms with E-state index in [2.05, 4.69) is 6.58 Å². The van der Waals surface area contributed by atoms with Gasteiger partial charge in [0.25, 0.3) is 0 Å². The quantitative estimate of drug-likeness (QED) is 0.693. The molecule has 0 heterocycles. The molecular weight excluding hydrogens is 176 g/mol. The molecule has 0 atom stereocenters. The van der Waals surface area contributed by atoms with Gasteiger partial charge in [0.2, 0.25) is 5.91 Å². The maximum Gasteiger partial charge on any atom is 0.248 e. The van der Waals surface area contributed by atoms with E-state index >= 15 is 0 Å². The minimum Gasteiger partial charge on any atom is -0.366 e. The molecule has 2 nitrogen and oxygen atoms in total. The van der Waals surface area contributed by atoms with Crippen LogP contribution in [0.4, 0.5) is 8.78 Å². The lowest BCUT2D eigenvalue weighted by Crippen LogP contribution is -2.14. The first-order chi connectivity index (χ1) is 6.04. The molecule has 0 aromatic heterocycles. The summed E-state index contributed by atoms with van der Waals surface area (Å²) in [5.74, 6) is -2.63. The standard InChI is InChI=1S/C9H7F2NO/c1-5(9(12)13)8-6(10)3-2-4-7(8)11/h2-4H,1H2,(H2,12,13). The Hall–Kier alpha value is -1.71. The maximum atomic E-state index is 13.0. The summed E-state index contributed by atoms with van der Waals surface area (Å²) < 4.78 is 25.9. The number of amides is 1. The van der Waals surface area contributed by atoms with Gasteiger partial charge in [0, 0.05) is 5.57 Å². The number of primary amides is 1. The number of nitrogens with two attached hydrogens (primary N) is 1. The van der Waals surface area contributed by atoms with Crippen LogP contribution in [-0.2, 0) is 4.79 Å². The molecule has 0 spiro atoms. The lowest BCUT2D eigenvalue weighted by Gasteiger charge is -2.03. The van der Waals surface area contributed by atoms with Crippen molar-refractivity contribution in [2.24, 2.45) is 5.73 Å². The van der Waals surface area contributed by atoms with Crippen molar-refractivity contribution in [2.45, 2.75) is 0 Å². The van der Waals surface area contributed by atoms with Crippen LogP contribution >= 0.6 is 0 Å². The van der Waals surface area contributed by atoms with Crippen LogP contribution in [0.3, 0.4) is 0 Å². The monoisotopic (exact) mass is 183 g/mol. The van der Waals surface area contributed by atoms with Crippen LogP contribution in [0.15, 0.2) is 24.8 Å². The normalized spacial score (nSPS) is 9.69. The summed E-state index contributed by atoms with van der Waals surface area (Å²) in [7, 11) is 0. The summed E-state index contributed by atoms with van der Waals surface area (Å²) in [4.78, 5) is 10.6. The van der Waals surface area contributed by atoms with Gasteiger partial charge in [-0.05, 0) is 12.1 Å². The zero-order valence-corrected chi connectivity index (χ0v) is 6.68. The average molecular weight is 183 g/mol. The second-order valence-corrected chi connectivity index (χ2v) is 2.44. The van der Waals surface area contributed by atoms with E-state index in [1.54, 1.807) is 0 Å². The molecule has 0 aliphatic carbocycles. The lowest BCUT2D eigenvalue weighted by atomic mass is 10.1. The van der Waals surface area contributed by atoms with Gasteiger partial charge in [-0.1, -0.05) is 12.6 Å². The maximum absolute atomic E-state index is 13.0. The minimum atomic E-state index is -0.941. The molecule has 13 heavy (non-hydrogen) atoms. The number of rotatable bonds is 2. The molecule has 68 valence electrons. The summed E-state index contributed by atoms with van der Waals surface area (Å²) in [6.07, 6.45) is 0. The molecule has 1 aromatic rings. The summed E-state index contributed by atoms with van der Waals surface area (Å²) in [5.41, 5.74) is 4.01. The van der Waals surface area contributed by atoms with E-state index in [1.165, 1.54) is 6.07 Å². The van der Waals surface area contributed by atoms with Gasteiger partial charge in [-0.15, -0.1) is 0 Å². The first kappa shape index (κ1) is 9.38. The van der Waals surface area contributed by atoms with Crippen molar-refractivity contribution in [3.8, 4) is 0 Å². The molecule has 1 amide bonds. The highest BCUT2D eigenvalue weighted by Gasteiger charge is 2.14. The average Bonchev–Trinajstić information content (AvgIpc) is 2.03. The van der Waals surface area contributed by atoms with E-state index in [9.17, 15) is 13.6 Å². The van der Waals surface area contributed by atoms with Gasteiger partial charge >= 0.3 is 0 Å². The summed E-state index contributed by atoms with van der Waals surface area (Å²) in [5, 5.41) is 0. The summed E-state index contributed by atoms with van der Waals surface area (Å²) in [6.45, 7) is 3.19. The zero-order valence-electron chi connectivity index (χ0n) is 6.68. The Labute approximate surface area is 73.7 Å². The van der Waals surface area contributed by atoms with Crippen molar-refractivity contribution in [1.29, 1.82) is 0 Å². The number of hydrogen-bond donors (Lipinski definition) is 1. The molecule has 0 fully saturated rings. The van der Waals surface area contributed by atoms with Gasteiger partial charge in [-0.25, -0.2) is 8.78 Å². The van der Waals surface area contributed by atoms with E-state index in [4.69, 9.17) is 5.73 Å². The second-order valence-electron chi connectivity index (χ2n) is 2.44. The van der Waals surface area contributed by atoms with Crippen LogP contribution in [0.2, 0.25) is 0 Å². The van der Waals surface area contributed by atoms with Gasteiger partial charge in [0.1, 0.15) is 11.6 Å². The van der Waals surface area contributed by atoms with E-state index in [0.29, 0.717) is 0 Å². The molecule has 1 rings (SSSR count).